The van der Waals surface area contributed by atoms with Gasteiger partial charge in [-0.05, 0) is 54.8 Å². The summed E-state index contributed by atoms with van der Waals surface area (Å²) in [5.74, 6) is 5.00. The first-order valence-corrected chi connectivity index (χ1v) is 4.42. The summed E-state index contributed by atoms with van der Waals surface area (Å²) in [4.78, 5) is 0. The molecule has 0 aromatic heterocycles. The third kappa shape index (κ3) is 0.180. The number of rotatable bonds is 0. The van der Waals surface area contributed by atoms with Crippen LogP contribution in [0.3, 0.4) is 0 Å². The third-order valence-electron chi connectivity index (χ3n) is 5.10. The Morgan fingerprint density at radius 1 is 0.667 bits per heavy atom. The van der Waals surface area contributed by atoms with Crippen molar-refractivity contribution in [2.45, 2.75) is 25.7 Å². The maximum Gasteiger partial charge on any atom is -0.0183 e. The van der Waals surface area contributed by atoms with E-state index >= 15 is 0 Å². The van der Waals surface area contributed by atoms with Gasteiger partial charge in [0, 0.05) is 0 Å². The molecule has 0 aliphatic heterocycles. The summed E-state index contributed by atoms with van der Waals surface area (Å²) < 4.78 is 0. The second-order valence-electron chi connectivity index (χ2n) is 4.73. The van der Waals surface area contributed by atoms with Gasteiger partial charge in [-0.1, -0.05) is 0 Å². The van der Waals surface area contributed by atoms with Crippen molar-refractivity contribution >= 4 is 0 Å². The van der Waals surface area contributed by atoms with Gasteiger partial charge in [0.25, 0.3) is 0 Å². The van der Waals surface area contributed by atoms with E-state index in [0.717, 1.165) is 5.41 Å². The molecule has 0 nitrogen and oxygen atoms in total. The van der Waals surface area contributed by atoms with E-state index in [1.807, 2.05) is 0 Å². The van der Waals surface area contributed by atoms with Crippen LogP contribution >= 0.6 is 0 Å². The Labute approximate surface area is 55.6 Å². The third-order valence-corrected chi connectivity index (χ3v) is 5.10. The van der Waals surface area contributed by atoms with Crippen LogP contribution in [0.5, 0.6) is 0 Å². The van der Waals surface area contributed by atoms with Crippen molar-refractivity contribution in [3.63, 3.8) is 0 Å². The average Bonchev–Trinajstić information content (AvgIpc) is 1.54. The Kier molecular flexibility index (Phi) is 0.360. The second-order valence-corrected chi connectivity index (χ2v) is 4.73. The molecular weight excluding hydrogens is 108 g/mol. The molecule has 0 aromatic carbocycles. The summed E-state index contributed by atoms with van der Waals surface area (Å²) >= 11 is 0. The molecule has 0 radical (unpaired) electrons. The topological polar surface area (TPSA) is 0 Å². The van der Waals surface area contributed by atoms with Crippen LogP contribution in [0.1, 0.15) is 25.7 Å². The Hall–Kier alpha value is 0. The molecule has 0 aromatic rings. The van der Waals surface area contributed by atoms with E-state index in [-0.39, 0.29) is 0 Å². The highest BCUT2D eigenvalue weighted by Gasteiger charge is 2.80. The van der Waals surface area contributed by atoms with Crippen molar-refractivity contribution in [1.82, 2.24) is 0 Å². The van der Waals surface area contributed by atoms with Crippen molar-refractivity contribution in [3.8, 4) is 0 Å². The first kappa shape index (κ1) is 4.00. The molecule has 0 bridgehead atoms. The molecule has 4 aliphatic carbocycles. The average molecular weight is 120 g/mol. The minimum Gasteiger partial charge on any atom is -0.0464 e. The monoisotopic (exact) mass is 120 g/mol. The van der Waals surface area contributed by atoms with Crippen molar-refractivity contribution in [3.05, 3.63) is 0 Å². The lowest BCUT2D eigenvalue weighted by molar-refractivity contribution is -0.376. The van der Waals surface area contributed by atoms with Gasteiger partial charge in [0.15, 0.2) is 0 Å². The molecule has 4 saturated carbocycles. The first-order valence-electron chi connectivity index (χ1n) is 4.42. The van der Waals surface area contributed by atoms with Crippen LogP contribution in [0.2, 0.25) is 0 Å². The lowest BCUT2D eigenvalue weighted by Crippen LogP contribution is -2.79. The molecule has 0 amide bonds. The standard InChI is InChI=1S/C9H12/c1-5-2-7-4-8-3-6(1)9(5,7)8/h5-8H,1-4H2. The van der Waals surface area contributed by atoms with Crippen LogP contribution < -0.4 is 0 Å². The molecule has 1 spiro atoms. The zero-order valence-electron chi connectivity index (χ0n) is 5.64. The molecule has 48 valence electrons. The summed E-state index contributed by atoms with van der Waals surface area (Å²) in [6.07, 6.45) is 6.53. The zero-order chi connectivity index (χ0) is 5.64. The van der Waals surface area contributed by atoms with Crippen molar-refractivity contribution in [1.29, 1.82) is 0 Å². The van der Waals surface area contributed by atoms with E-state index in [1.54, 1.807) is 25.7 Å². The van der Waals surface area contributed by atoms with E-state index < -0.39 is 0 Å². The molecule has 4 aliphatic rings. The molecule has 4 rings (SSSR count). The summed E-state index contributed by atoms with van der Waals surface area (Å²) in [5, 5.41) is 0. The number of hydrogen-bond acceptors (Lipinski definition) is 0. The molecule has 0 heteroatoms. The number of hydrogen-bond donors (Lipinski definition) is 0. The predicted molar refractivity (Wildman–Crippen MR) is 34.9 cm³/mol. The largest absolute Gasteiger partial charge is 0.0464 e. The van der Waals surface area contributed by atoms with E-state index in [0.29, 0.717) is 0 Å². The lowest BCUT2D eigenvalue weighted by atomic mass is 9.18. The SMILES string of the molecule is C1C2CC3CC4CC1C234. The minimum atomic E-state index is 1.06. The van der Waals surface area contributed by atoms with E-state index in [2.05, 4.69) is 0 Å². The second kappa shape index (κ2) is 0.810. The van der Waals surface area contributed by atoms with Gasteiger partial charge in [0.05, 0.1) is 0 Å². The van der Waals surface area contributed by atoms with E-state index in [1.165, 1.54) is 23.7 Å². The molecule has 0 N–H and O–H groups in total. The Morgan fingerprint density at radius 2 is 1.00 bits per heavy atom. The van der Waals surface area contributed by atoms with Gasteiger partial charge >= 0.3 is 0 Å². The predicted octanol–water partition coefficient (Wildman–Crippen LogP) is 2.05. The maximum atomic E-state index is 1.63. The fraction of sp³-hybridized carbons (Fsp3) is 1.00. The molecule has 9 heavy (non-hydrogen) atoms. The van der Waals surface area contributed by atoms with Gasteiger partial charge in [-0.3, -0.25) is 0 Å². The molecule has 0 unspecified atom stereocenters. The highest BCUT2D eigenvalue weighted by Crippen LogP contribution is 2.87. The summed E-state index contributed by atoms with van der Waals surface area (Å²) in [7, 11) is 0. The van der Waals surface area contributed by atoms with E-state index in [4.69, 9.17) is 0 Å². The van der Waals surface area contributed by atoms with Gasteiger partial charge in [0.1, 0.15) is 0 Å². The smallest absolute Gasteiger partial charge is 0.0183 e. The molecule has 0 atom stereocenters. The molecule has 4 fully saturated rings. The van der Waals surface area contributed by atoms with Crippen molar-refractivity contribution in [2.24, 2.45) is 29.1 Å². The van der Waals surface area contributed by atoms with Gasteiger partial charge in [-0.2, -0.15) is 0 Å². The highest BCUT2D eigenvalue weighted by atomic mass is 14.8. The van der Waals surface area contributed by atoms with Gasteiger partial charge < -0.3 is 0 Å². The normalized spacial score (nSPS) is 80.0. The van der Waals surface area contributed by atoms with Crippen LogP contribution in [-0.4, -0.2) is 0 Å². The Bertz CT molecular complexity index is 141. The van der Waals surface area contributed by atoms with Crippen LogP contribution in [0.15, 0.2) is 0 Å². The summed E-state index contributed by atoms with van der Waals surface area (Å²) in [6, 6.07) is 0. The van der Waals surface area contributed by atoms with Gasteiger partial charge in [-0.15, -0.1) is 0 Å². The Balaban J connectivity index is 1.88. The summed E-state index contributed by atoms with van der Waals surface area (Å²) in [6.45, 7) is 0. The minimum absolute atomic E-state index is 1.06. The first-order chi connectivity index (χ1) is 4.42. The maximum absolute atomic E-state index is 1.63. The molecule has 0 heterocycles. The zero-order valence-corrected chi connectivity index (χ0v) is 5.64. The van der Waals surface area contributed by atoms with Crippen molar-refractivity contribution in [2.75, 3.05) is 0 Å². The van der Waals surface area contributed by atoms with Crippen LogP contribution in [0, 0.1) is 29.1 Å². The van der Waals surface area contributed by atoms with Gasteiger partial charge in [0.2, 0.25) is 0 Å². The van der Waals surface area contributed by atoms with Crippen molar-refractivity contribution < 1.29 is 0 Å². The highest BCUT2D eigenvalue weighted by molar-refractivity contribution is 5.28. The Morgan fingerprint density at radius 3 is 1.11 bits per heavy atom. The van der Waals surface area contributed by atoms with E-state index in [9.17, 15) is 0 Å². The summed E-state index contributed by atoms with van der Waals surface area (Å²) in [5.41, 5.74) is 1.06. The quantitative estimate of drug-likeness (QED) is 0.459. The van der Waals surface area contributed by atoms with Crippen LogP contribution in [0.25, 0.3) is 0 Å². The fourth-order valence-corrected chi connectivity index (χ4v) is 4.75. The van der Waals surface area contributed by atoms with Crippen LogP contribution in [0.4, 0.5) is 0 Å². The molecule has 0 saturated heterocycles. The van der Waals surface area contributed by atoms with Crippen LogP contribution in [-0.2, 0) is 0 Å². The lowest BCUT2D eigenvalue weighted by Gasteiger charge is -2.86. The molecular formula is C9H12. The van der Waals surface area contributed by atoms with Gasteiger partial charge in [-0.25, -0.2) is 0 Å². The fourth-order valence-electron chi connectivity index (χ4n) is 4.75.